The summed E-state index contributed by atoms with van der Waals surface area (Å²) in [6.07, 6.45) is 0. The van der Waals surface area contributed by atoms with E-state index in [0.29, 0.717) is 22.8 Å². The lowest BCUT2D eigenvalue weighted by Gasteiger charge is -2.15. The van der Waals surface area contributed by atoms with E-state index >= 15 is 0 Å². The Morgan fingerprint density at radius 3 is 2.55 bits per heavy atom. The first-order valence-corrected chi connectivity index (χ1v) is 8.17. The highest BCUT2D eigenvalue weighted by molar-refractivity contribution is 9.12. The predicted octanol–water partition coefficient (Wildman–Crippen LogP) is 1.31. The van der Waals surface area contributed by atoms with Gasteiger partial charge in [-0.2, -0.15) is 0 Å². The number of hydrogen-bond acceptors (Lipinski definition) is 3. The van der Waals surface area contributed by atoms with Crippen LogP contribution < -0.4 is 11.2 Å². The number of nitrogens with zero attached hydrogens (tertiary/aromatic N) is 2. The largest absolute Gasteiger partial charge is 0.395 e. The molecule has 2 aromatic rings. The molecule has 0 spiro atoms. The summed E-state index contributed by atoms with van der Waals surface area (Å²) in [6, 6.07) is 7.01. The average Bonchev–Trinajstić information content (AvgIpc) is 2.47. The van der Waals surface area contributed by atoms with E-state index in [2.05, 4.69) is 31.9 Å². The molecule has 0 fully saturated rings. The minimum Gasteiger partial charge on any atom is -0.395 e. The maximum Gasteiger partial charge on any atom is 0.331 e. The summed E-state index contributed by atoms with van der Waals surface area (Å²) in [5.41, 5.74) is -0.142. The summed E-state index contributed by atoms with van der Waals surface area (Å²) < 4.78 is 2.64. The van der Waals surface area contributed by atoms with Gasteiger partial charge in [0.15, 0.2) is 0 Å². The number of aliphatic hydroxyl groups excluding tert-OH is 1. The smallest absolute Gasteiger partial charge is 0.331 e. The number of alkyl halides is 2. The van der Waals surface area contributed by atoms with Gasteiger partial charge in [0, 0.05) is 16.7 Å². The third kappa shape index (κ3) is 2.89. The lowest BCUT2D eigenvalue weighted by atomic mass is 10.2. The fourth-order valence-corrected chi connectivity index (χ4v) is 2.59. The first kappa shape index (κ1) is 15.5. The standard InChI is InChI=1S/C13H14Br2N2O3/c14-7-9(15)8-17-11-4-2-1-3-10(11)12(19)16(5-6-18)13(17)20/h1-4,9,18H,5-8H2. The van der Waals surface area contributed by atoms with Crippen LogP contribution in [0, 0.1) is 0 Å². The van der Waals surface area contributed by atoms with Crippen LogP contribution in [-0.2, 0) is 13.1 Å². The van der Waals surface area contributed by atoms with Gasteiger partial charge in [-0.25, -0.2) is 4.79 Å². The van der Waals surface area contributed by atoms with Gasteiger partial charge in [-0.1, -0.05) is 44.0 Å². The molecule has 5 nitrogen and oxygen atoms in total. The lowest BCUT2D eigenvalue weighted by Crippen LogP contribution is -2.41. The van der Waals surface area contributed by atoms with Crippen molar-refractivity contribution in [3.05, 3.63) is 45.1 Å². The van der Waals surface area contributed by atoms with Crippen molar-refractivity contribution in [2.45, 2.75) is 17.9 Å². The number of rotatable bonds is 5. The van der Waals surface area contributed by atoms with E-state index in [-0.39, 0.29) is 23.5 Å². The summed E-state index contributed by atoms with van der Waals surface area (Å²) in [5.74, 6) is 0. The summed E-state index contributed by atoms with van der Waals surface area (Å²) in [6.45, 7) is 0.198. The van der Waals surface area contributed by atoms with Crippen LogP contribution in [0.15, 0.2) is 33.9 Å². The highest BCUT2D eigenvalue weighted by atomic mass is 79.9. The monoisotopic (exact) mass is 404 g/mol. The number of hydrogen-bond donors (Lipinski definition) is 1. The van der Waals surface area contributed by atoms with Crippen molar-refractivity contribution in [1.82, 2.24) is 9.13 Å². The fraction of sp³-hybridized carbons (Fsp3) is 0.385. The average molecular weight is 406 g/mol. The zero-order valence-electron chi connectivity index (χ0n) is 10.6. The molecule has 0 saturated carbocycles. The quantitative estimate of drug-likeness (QED) is 0.763. The van der Waals surface area contributed by atoms with Gasteiger partial charge >= 0.3 is 5.69 Å². The minimum atomic E-state index is -0.395. The molecule has 20 heavy (non-hydrogen) atoms. The zero-order chi connectivity index (χ0) is 14.7. The van der Waals surface area contributed by atoms with Crippen LogP contribution in [0.3, 0.4) is 0 Å². The second-order valence-electron chi connectivity index (χ2n) is 4.34. The van der Waals surface area contributed by atoms with Crippen LogP contribution in [0.2, 0.25) is 0 Å². The molecular weight excluding hydrogens is 392 g/mol. The highest BCUT2D eigenvalue weighted by Crippen LogP contribution is 2.11. The van der Waals surface area contributed by atoms with Gasteiger partial charge in [0.25, 0.3) is 5.56 Å². The number of aliphatic hydroxyl groups is 1. The fourth-order valence-electron chi connectivity index (χ4n) is 2.09. The van der Waals surface area contributed by atoms with Crippen LogP contribution in [0.25, 0.3) is 10.9 Å². The van der Waals surface area contributed by atoms with Crippen molar-refractivity contribution in [3.63, 3.8) is 0 Å². The molecule has 1 aromatic heterocycles. The van der Waals surface area contributed by atoms with Crippen LogP contribution in [-0.4, -0.2) is 31.0 Å². The molecule has 108 valence electrons. The molecule has 1 unspecified atom stereocenters. The Kier molecular flexibility index (Phi) is 5.17. The van der Waals surface area contributed by atoms with Gasteiger partial charge in [-0.05, 0) is 12.1 Å². The second-order valence-corrected chi connectivity index (χ2v) is 6.28. The normalized spacial score (nSPS) is 12.8. The molecule has 2 rings (SSSR count). The van der Waals surface area contributed by atoms with Gasteiger partial charge in [-0.3, -0.25) is 13.9 Å². The van der Waals surface area contributed by atoms with Crippen molar-refractivity contribution in [2.75, 3.05) is 11.9 Å². The molecule has 0 aliphatic heterocycles. The van der Waals surface area contributed by atoms with Gasteiger partial charge in [0.05, 0.1) is 24.1 Å². The first-order valence-electron chi connectivity index (χ1n) is 6.13. The maximum atomic E-state index is 12.4. The van der Waals surface area contributed by atoms with Gasteiger partial charge in [0.2, 0.25) is 0 Å². The van der Waals surface area contributed by atoms with Crippen molar-refractivity contribution < 1.29 is 5.11 Å². The molecule has 1 heterocycles. The Balaban J connectivity index is 2.77. The molecule has 0 saturated heterocycles. The Morgan fingerprint density at radius 2 is 1.90 bits per heavy atom. The Hall–Kier alpha value is -0.920. The van der Waals surface area contributed by atoms with Gasteiger partial charge in [0.1, 0.15) is 0 Å². The summed E-state index contributed by atoms with van der Waals surface area (Å²) in [4.78, 5) is 24.8. The first-order chi connectivity index (χ1) is 9.60. The molecule has 1 atom stereocenters. The third-order valence-electron chi connectivity index (χ3n) is 3.00. The predicted molar refractivity (Wildman–Crippen MR) is 86.1 cm³/mol. The second kappa shape index (κ2) is 6.69. The molecule has 0 radical (unpaired) electrons. The third-order valence-corrected chi connectivity index (χ3v) is 5.27. The van der Waals surface area contributed by atoms with E-state index in [4.69, 9.17) is 5.11 Å². The Bertz CT molecular complexity index is 724. The lowest BCUT2D eigenvalue weighted by molar-refractivity contribution is 0.270. The molecule has 1 N–H and O–H groups in total. The van der Waals surface area contributed by atoms with E-state index in [1.54, 1.807) is 28.8 Å². The molecule has 7 heteroatoms. The zero-order valence-corrected chi connectivity index (χ0v) is 13.8. The number of fused-ring (bicyclic) bond motifs is 1. The summed E-state index contributed by atoms with van der Waals surface area (Å²) >= 11 is 6.83. The Labute approximate surface area is 132 Å². The van der Waals surface area contributed by atoms with E-state index < -0.39 is 5.69 Å². The topological polar surface area (TPSA) is 64.2 Å². The van der Waals surface area contributed by atoms with Crippen LogP contribution in [0.4, 0.5) is 0 Å². The van der Waals surface area contributed by atoms with Crippen LogP contribution >= 0.6 is 31.9 Å². The van der Waals surface area contributed by atoms with Gasteiger partial charge in [-0.15, -0.1) is 0 Å². The Morgan fingerprint density at radius 1 is 1.20 bits per heavy atom. The van der Waals surface area contributed by atoms with Crippen molar-refractivity contribution in [3.8, 4) is 0 Å². The molecular formula is C13H14Br2N2O3. The molecule has 0 aliphatic carbocycles. The van der Waals surface area contributed by atoms with E-state index in [0.717, 1.165) is 4.57 Å². The van der Waals surface area contributed by atoms with Crippen molar-refractivity contribution in [1.29, 1.82) is 0 Å². The van der Waals surface area contributed by atoms with E-state index in [1.807, 2.05) is 0 Å². The van der Waals surface area contributed by atoms with Crippen LogP contribution in [0.5, 0.6) is 0 Å². The minimum absolute atomic E-state index is 0.00374. The number of benzene rings is 1. The number of para-hydroxylation sites is 1. The summed E-state index contributed by atoms with van der Waals surface area (Å²) in [5, 5.41) is 10.2. The molecule has 1 aromatic carbocycles. The molecule has 0 aliphatic rings. The summed E-state index contributed by atoms with van der Waals surface area (Å²) in [7, 11) is 0. The highest BCUT2D eigenvalue weighted by Gasteiger charge is 2.14. The molecule has 0 bridgehead atoms. The van der Waals surface area contributed by atoms with E-state index in [9.17, 15) is 9.59 Å². The number of aromatic nitrogens is 2. The van der Waals surface area contributed by atoms with Gasteiger partial charge < -0.3 is 5.11 Å². The molecule has 0 amide bonds. The number of halogens is 2. The van der Waals surface area contributed by atoms with Crippen molar-refractivity contribution in [2.24, 2.45) is 0 Å². The van der Waals surface area contributed by atoms with Crippen LogP contribution in [0.1, 0.15) is 0 Å². The maximum absolute atomic E-state index is 12.4. The SMILES string of the molecule is O=c1c2ccccc2n(CC(Br)CBr)c(=O)n1CCO. The van der Waals surface area contributed by atoms with Crippen molar-refractivity contribution >= 4 is 42.8 Å². The van der Waals surface area contributed by atoms with E-state index in [1.165, 1.54) is 0 Å².